The molecule has 0 aliphatic carbocycles. The highest BCUT2D eigenvalue weighted by Crippen LogP contribution is 2.34. The number of para-hydroxylation sites is 1. The second kappa shape index (κ2) is 8.77. The van der Waals surface area contributed by atoms with Crippen molar-refractivity contribution in [3.8, 4) is 0 Å². The fourth-order valence-electron chi connectivity index (χ4n) is 2.94. The van der Waals surface area contributed by atoms with Gasteiger partial charge in [-0.2, -0.15) is 13.2 Å². The number of nitrogens with one attached hydrogen (secondary N) is 3. The second-order valence-electron chi connectivity index (χ2n) is 6.31. The third kappa shape index (κ3) is 5.24. The lowest BCUT2D eigenvalue weighted by molar-refractivity contribution is -0.136. The van der Waals surface area contributed by atoms with Crippen LogP contribution in [0.4, 0.5) is 35.3 Å². The van der Waals surface area contributed by atoms with Gasteiger partial charge >= 0.3 is 12.2 Å². The Balaban J connectivity index is 1.46. The predicted molar refractivity (Wildman–Crippen MR) is 100 cm³/mol. The second-order valence-corrected chi connectivity index (χ2v) is 6.31. The Hall–Kier alpha value is -3.04. The lowest BCUT2D eigenvalue weighted by Gasteiger charge is -2.17. The zero-order valence-corrected chi connectivity index (χ0v) is 15.1. The van der Waals surface area contributed by atoms with E-state index in [0.29, 0.717) is 12.4 Å². The molecule has 0 atom stereocenters. The summed E-state index contributed by atoms with van der Waals surface area (Å²) in [5.41, 5.74) is -1.18. The van der Waals surface area contributed by atoms with Crippen LogP contribution >= 0.6 is 0 Å². The van der Waals surface area contributed by atoms with Gasteiger partial charge in [0.25, 0.3) is 0 Å². The molecule has 1 aliphatic rings. The molecule has 0 unspecified atom stereocenters. The van der Waals surface area contributed by atoms with Crippen molar-refractivity contribution in [3.63, 3.8) is 0 Å². The number of urea groups is 1. The van der Waals surface area contributed by atoms with Gasteiger partial charge in [0.2, 0.25) is 0 Å². The summed E-state index contributed by atoms with van der Waals surface area (Å²) in [4.78, 5) is 22.4. The normalized spacial score (nSPS) is 14.0. The van der Waals surface area contributed by atoms with Crippen LogP contribution < -0.4 is 20.9 Å². The molecule has 2 amide bonds. The van der Waals surface area contributed by atoms with Crippen molar-refractivity contribution in [2.75, 3.05) is 41.7 Å². The summed E-state index contributed by atoms with van der Waals surface area (Å²) in [6.45, 7) is 2.52. The Morgan fingerprint density at radius 3 is 2.61 bits per heavy atom. The van der Waals surface area contributed by atoms with Crippen molar-refractivity contribution in [3.05, 3.63) is 42.2 Å². The number of halogens is 3. The van der Waals surface area contributed by atoms with Crippen LogP contribution in [0.3, 0.4) is 0 Å². The van der Waals surface area contributed by atoms with Crippen LogP contribution in [0.1, 0.15) is 18.4 Å². The Bertz CT molecular complexity index is 808. The molecule has 0 bridgehead atoms. The van der Waals surface area contributed by atoms with Crippen molar-refractivity contribution in [2.45, 2.75) is 19.0 Å². The summed E-state index contributed by atoms with van der Waals surface area (Å²) in [7, 11) is 0. The number of nitrogens with zero attached hydrogens (tertiary/aromatic N) is 3. The molecular formula is C18H21F3N6O. The monoisotopic (exact) mass is 394 g/mol. The minimum atomic E-state index is -4.54. The van der Waals surface area contributed by atoms with Gasteiger partial charge in [-0.25, -0.2) is 14.8 Å². The van der Waals surface area contributed by atoms with Gasteiger partial charge in [0, 0.05) is 32.2 Å². The minimum absolute atomic E-state index is 0.211. The predicted octanol–water partition coefficient (Wildman–Crippen LogP) is 3.33. The highest BCUT2D eigenvalue weighted by Gasteiger charge is 2.33. The third-order valence-electron chi connectivity index (χ3n) is 4.28. The zero-order valence-electron chi connectivity index (χ0n) is 15.1. The molecule has 7 nitrogen and oxygen atoms in total. The lowest BCUT2D eigenvalue weighted by Crippen LogP contribution is -2.33. The maximum absolute atomic E-state index is 12.9. The van der Waals surface area contributed by atoms with E-state index in [1.54, 1.807) is 0 Å². The minimum Gasteiger partial charge on any atom is -0.368 e. The average Bonchev–Trinajstić information content (AvgIpc) is 3.20. The highest BCUT2D eigenvalue weighted by molar-refractivity contribution is 5.90. The average molecular weight is 394 g/mol. The van der Waals surface area contributed by atoms with Crippen molar-refractivity contribution in [2.24, 2.45) is 0 Å². The molecular weight excluding hydrogens is 373 g/mol. The van der Waals surface area contributed by atoms with Crippen LogP contribution in [0.2, 0.25) is 0 Å². The van der Waals surface area contributed by atoms with Crippen molar-refractivity contribution in [1.82, 2.24) is 15.3 Å². The number of hydrogen-bond acceptors (Lipinski definition) is 5. The Morgan fingerprint density at radius 2 is 1.86 bits per heavy atom. The van der Waals surface area contributed by atoms with Crippen molar-refractivity contribution < 1.29 is 18.0 Å². The van der Waals surface area contributed by atoms with Gasteiger partial charge in [-0.1, -0.05) is 12.1 Å². The van der Waals surface area contributed by atoms with E-state index < -0.39 is 17.8 Å². The van der Waals surface area contributed by atoms with Gasteiger partial charge in [-0.05, 0) is 25.0 Å². The first-order valence-electron chi connectivity index (χ1n) is 8.95. The zero-order chi connectivity index (χ0) is 20.0. The maximum atomic E-state index is 12.9. The topological polar surface area (TPSA) is 82.2 Å². The molecule has 2 aromatic rings. The number of rotatable bonds is 6. The van der Waals surface area contributed by atoms with Gasteiger partial charge in [0.15, 0.2) is 0 Å². The molecule has 1 saturated heterocycles. The first-order chi connectivity index (χ1) is 13.4. The molecule has 10 heteroatoms. The molecule has 1 aliphatic heterocycles. The molecule has 1 aromatic carbocycles. The Kier molecular flexibility index (Phi) is 6.17. The van der Waals surface area contributed by atoms with Crippen LogP contribution in [0, 0.1) is 0 Å². The summed E-state index contributed by atoms with van der Waals surface area (Å²) in [5, 5.41) is 7.81. The SMILES string of the molecule is O=C(NCCNc1cc(N2CCCC2)ncn1)Nc1ccccc1C(F)(F)F. The first kappa shape index (κ1) is 19.7. The van der Waals surface area contributed by atoms with Gasteiger partial charge in [0.1, 0.15) is 18.0 Å². The summed E-state index contributed by atoms with van der Waals surface area (Å²) in [5.74, 6) is 1.48. The third-order valence-corrected chi connectivity index (χ3v) is 4.28. The molecule has 0 saturated carbocycles. The number of carbonyl (C=O) groups excluding carboxylic acids is 1. The van der Waals surface area contributed by atoms with Crippen LogP contribution in [-0.4, -0.2) is 42.2 Å². The highest BCUT2D eigenvalue weighted by atomic mass is 19.4. The molecule has 0 spiro atoms. The molecule has 3 N–H and O–H groups in total. The largest absolute Gasteiger partial charge is 0.418 e. The number of amides is 2. The standard InChI is InChI=1S/C18H21F3N6O/c19-18(20,21)13-5-1-2-6-14(13)26-17(28)23-8-7-22-15-11-16(25-12-24-15)27-9-3-4-10-27/h1-2,5-6,11-12H,3-4,7-10H2,(H,22,24,25)(H2,23,26,28). The fraction of sp³-hybridized carbons (Fsp3) is 0.389. The van der Waals surface area contributed by atoms with E-state index in [-0.39, 0.29) is 12.2 Å². The van der Waals surface area contributed by atoms with Gasteiger partial charge < -0.3 is 20.9 Å². The fourth-order valence-corrected chi connectivity index (χ4v) is 2.94. The molecule has 0 radical (unpaired) electrons. The number of hydrogen-bond donors (Lipinski definition) is 3. The smallest absolute Gasteiger partial charge is 0.368 e. The van der Waals surface area contributed by atoms with Crippen LogP contribution in [0.15, 0.2) is 36.7 Å². The van der Waals surface area contributed by atoms with Crippen LogP contribution in [0.5, 0.6) is 0 Å². The van der Waals surface area contributed by atoms with Gasteiger partial charge in [-0.3, -0.25) is 0 Å². The van der Waals surface area contributed by atoms with E-state index in [1.165, 1.54) is 24.5 Å². The van der Waals surface area contributed by atoms with Gasteiger partial charge in [-0.15, -0.1) is 0 Å². The summed E-state index contributed by atoms with van der Waals surface area (Å²) >= 11 is 0. The number of benzene rings is 1. The Labute approximate surface area is 160 Å². The van der Waals surface area contributed by atoms with Crippen molar-refractivity contribution in [1.29, 1.82) is 0 Å². The van der Waals surface area contributed by atoms with E-state index >= 15 is 0 Å². The first-order valence-corrected chi connectivity index (χ1v) is 8.95. The molecule has 2 heterocycles. The number of alkyl halides is 3. The van der Waals surface area contributed by atoms with E-state index in [9.17, 15) is 18.0 Å². The maximum Gasteiger partial charge on any atom is 0.418 e. The number of carbonyl (C=O) groups is 1. The van der Waals surface area contributed by atoms with E-state index in [1.807, 2.05) is 6.07 Å². The van der Waals surface area contributed by atoms with Crippen LogP contribution in [-0.2, 0) is 6.18 Å². The van der Waals surface area contributed by atoms with Crippen LogP contribution in [0.25, 0.3) is 0 Å². The molecule has 28 heavy (non-hydrogen) atoms. The number of aromatic nitrogens is 2. The molecule has 150 valence electrons. The molecule has 1 fully saturated rings. The number of anilines is 3. The molecule has 1 aromatic heterocycles. The Morgan fingerprint density at radius 1 is 1.11 bits per heavy atom. The van der Waals surface area contributed by atoms with E-state index in [4.69, 9.17) is 0 Å². The summed E-state index contributed by atoms with van der Waals surface area (Å²) in [6, 6.07) is 5.96. The molecule has 3 rings (SSSR count). The quantitative estimate of drug-likeness (QED) is 0.655. The summed E-state index contributed by atoms with van der Waals surface area (Å²) < 4.78 is 38.8. The van der Waals surface area contributed by atoms with Crippen molar-refractivity contribution >= 4 is 23.4 Å². The van der Waals surface area contributed by atoms with E-state index in [0.717, 1.165) is 37.8 Å². The van der Waals surface area contributed by atoms with E-state index in [2.05, 4.69) is 30.8 Å². The lowest BCUT2D eigenvalue weighted by atomic mass is 10.1. The summed E-state index contributed by atoms with van der Waals surface area (Å²) in [6.07, 6.45) is -0.776. The van der Waals surface area contributed by atoms with Gasteiger partial charge in [0.05, 0.1) is 11.3 Å².